The van der Waals surface area contributed by atoms with E-state index >= 15 is 0 Å². The van der Waals surface area contributed by atoms with E-state index in [1.165, 1.54) is 0 Å². The van der Waals surface area contributed by atoms with Crippen molar-refractivity contribution in [2.45, 2.75) is 6.54 Å². The molecule has 18 heavy (non-hydrogen) atoms. The third-order valence-electron chi connectivity index (χ3n) is 2.18. The highest BCUT2D eigenvalue weighted by molar-refractivity contribution is 4.96. The van der Waals surface area contributed by atoms with Crippen LogP contribution < -0.4 is 5.32 Å². The molecule has 1 heterocycles. The zero-order chi connectivity index (χ0) is 12.9. The molecule has 0 radical (unpaired) electrons. The first-order valence-corrected chi connectivity index (χ1v) is 6.03. The molecule has 0 bridgehead atoms. The number of nitrogens with one attached hydrogen (secondary N) is 1. The summed E-state index contributed by atoms with van der Waals surface area (Å²) in [6.45, 7) is 4.65. The highest BCUT2D eigenvalue weighted by Gasteiger charge is 1.93. The van der Waals surface area contributed by atoms with Crippen LogP contribution in [0.3, 0.4) is 0 Å². The molecule has 1 rings (SSSR count). The van der Waals surface area contributed by atoms with Gasteiger partial charge < -0.3 is 19.5 Å². The van der Waals surface area contributed by atoms with Crippen LogP contribution in [0.15, 0.2) is 18.6 Å². The molecule has 6 heteroatoms. The lowest BCUT2D eigenvalue weighted by Crippen LogP contribution is -2.21. The normalized spacial score (nSPS) is 10.7. The van der Waals surface area contributed by atoms with Crippen molar-refractivity contribution >= 4 is 0 Å². The molecule has 0 aromatic carbocycles. The van der Waals surface area contributed by atoms with E-state index in [0.29, 0.717) is 33.0 Å². The number of ether oxygens (including phenoxy) is 3. The zero-order valence-electron chi connectivity index (χ0n) is 10.8. The number of hydrogen-bond donors (Lipinski definition) is 1. The van der Waals surface area contributed by atoms with Gasteiger partial charge in [-0.1, -0.05) is 0 Å². The Hall–Kier alpha value is -1.08. The molecule has 6 nitrogen and oxygen atoms in total. The van der Waals surface area contributed by atoms with Crippen LogP contribution in [-0.2, 0) is 20.8 Å². The fraction of sp³-hybridized carbons (Fsp3) is 0.667. The predicted octanol–water partition coefficient (Wildman–Crippen LogP) is 0.246. The molecule has 0 saturated carbocycles. The molecule has 0 amide bonds. The maximum atomic E-state index is 5.39. The van der Waals surface area contributed by atoms with Gasteiger partial charge in [-0.25, -0.2) is 9.97 Å². The molecule has 0 aliphatic carbocycles. The van der Waals surface area contributed by atoms with E-state index in [-0.39, 0.29) is 0 Å². The minimum absolute atomic E-state index is 0.606. The molecular weight excluding hydrogens is 234 g/mol. The fourth-order valence-corrected chi connectivity index (χ4v) is 1.25. The van der Waals surface area contributed by atoms with Gasteiger partial charge in [0.05, 0.1) is 38.7 Å². The molecular formula is C12H21N3O3. The third kappa shape index (κ3) is 8.08. The minimum Gasteiger partial charge on any atom is -0.382 e. The molecule has 0 aliphatic heterocycles. The van der Waals surface area contributed by atoms with Crippen molar-refractivity contribution in [3.8, 4) is 0 Å². The second-order valence-corrected chi connectivity index (χ2v) is 3.60. The van der Waals surface area contributed by atoms with Crippen LogP contribution in [-0.4, -0.2) is 56.7 Å². The highest BCUT2D eigenvalue weighted by Crippen LogP contribution is 1.88. The maximum Gasteiger partial charge on any atom is 0.115 e. The summed E-state index contributed by atoms with van der Waals surface area (Å²) in [7, 11) is 1.66. The first-order chi connectivity index (χ1) is 8.93. The number of aromatic nitrogens is 2. The quantitative estimate of drug-likeness (QED) is 0.572. The predicted molar refractivity (Wildman–Crippen MR) is 67.3 cm³/mol. The SMILES string of the molecule is COCCOCCOCCNCc1ccncn1. The fourth-order valence-electron chi connectivity index (χ4n) is 1.25. The van der Waals surface area contributed by atoms with Crippen molar-refractivity contribution < 1.29 is 14.2 Å². The van der Waals surface area contributed by atoms with E-state index in [2.05, 4.69) is 15.3 Å². The van der Waals surface area contributed by atoms with Crippen molar-refractivity contribution in [2.24, 2.45) is 0 Å². The van der Waals surface area contributed by atoms with Crippen LogP contribution >= 0.6 is 0 Å². The Morgan fingerprint density at radius 1 is 1.11 bits per heavy atom. The summed E-state index contributed by atoms with van der Waals surface area (Å²) in [5, 5.41) is 3.24. The van der Waals surface area contributed by atoms with Gasteiger partial charge in [-0.15, -0.1) is 0 Å². The molecule has 1 aromatic rings. The molecule has 102 valence electrons. The Balaban J connectivity index is 1.82. The first kappa shape index (κ1) is 15.0. The standard InChI is InChI=1S/C12H21N3O3/c1-16-6-7-18-9-8-17-5-4-13-10-12-2-3-14-11-15-12/h2-3,11,13H,4-10H2,1H3. The topological polar surface area (TPSA) is 65.5 Å². The van der Waals surface area contributed by atoms with Gasteiger partial charge in [-0.3, -0.25) is 0 Å². The van der Waals surface area contributed by atoms with Crippen LogP contribution in [0.2, 0.25) is 0 Å². The lowest BCUT2D eigenvalue weighted by Gasteiger charge is -2.06. The van der Waals surface area contributed by atoms with E-state index < -0.39 is 0 Å². The van der Waals surface area contributed by atoms with Crippen molar-refractivity contribution in [1.82, 2.24) is 15.3 Å². The number of rotatable bonds is 11. The van der Waals surface area contributed by atoms with Gasteiger partial charge in [-0.05, 0) is 6.07 Å². The van der Waals surface area contributed by atoms with E-state index in [9.17, 15) is 0 Å². The Bertz CT molecular complexity index is 285. The van der Waals surface area contributed by atoms with Gasteiger partial charge >= 0.3 is 0 Å². The summed E-state index contributed by atoms with van der Waals surface area (Å²) in [5.74, 6) is 0. The summed E-state index contributed by atoms with van der Waals surface area (Å²) < 4.78 is 15.5. The summed E-state index contributed by atoms with van der Waals surface area (Å²) in [5.41, 5.74) is 0.980. The number of nitrogens with zero attached hydrogens (tertiary/aromatic N) is 2. The molecule has 0 aliphatic rings. The van der Waals surface area contributed by atoms with Crippen molar-refractivity contribution in [3.63, 3.8) is 0 Å². The maximum absolute atomic E-state index is 5.39. The molecule has 0 spiro atoms. The molecule has 0 unspecified atom stereocenters. The van der Waals surface area contributed by atoms with E-state index in [0.717, 1.165) is 18.8 Å². The molecule has 0 fully saturated rings. The van der Waals surface area contributed by atoms with Gasteiger partial charge in [0.15, 0.2) is 0 Å². The monoisotopic (exact) mass is 255 g/mol. The summed E-state index contributed by atoms with van der Waals surface area (Å²) in [4.78, 5) is 7.97. The van der Waals surface area contributed by atoms with Crippen LogP contribution in [0.1, 0.15) is 5.69 Å². The Morgan fingerprint density at radius 2 is 1.89 bits per heavy atom. The number of methoxy groups -OCH3 is 1. The second kappa shape index (κ2) is 11.0. The molecule has 1 N–H and O–H groups in total. The van der Waals surface area contributed by atoms with Gasteiger partial charge in [0, 0.05) is 26.4 Å². The second-order valence-electron chi connectivity index (χ2n) is 3.60. The van der Waals surface area contributed by atoms with Gasteiger partial charge in [0.2, 0.25) is 0 Å². The molecule has 0 saturated heterocycles. The average Bonchev–Trinajstić information content (AvgIpc) is 2.42. The zero-order valence-corrected chi connectivity index (χ0v) is 10.8. The summed E-state index contributed by atoms with van der Waals surface area (Å²) in [6.07, 6.45) is 3.28. The average molecular weight is 255 g/mol. The van der Waals surface area contributed by atoms with Crippen LogP contribution in [0, 0.1) is 0 Å². The van der Waals surface area contributed by atoms with Crippen molar-refractivity contribution in [2.75, 3.05) is 46.7 Å². The van der Waals surface area contributed by atoms with E-state index in [4.69, 9.17) is 14.2 Å². The highest BCUT2D eigenvalue weighted by atomic mass is 16.5. The first-order valence-electron chi connectivity index (χ1n) is 6.03. The van der Waals surface area contributed by atoms with Gasteiger partial charge in [0.1, 0.15) is 6.33 Å². The Kier molecular flexibility index (Phi) is 9.18. The van der Waals surface area contributed by atoms with Gasteiger partial charge in [-0.2, -0.15) is 0 Å². The van der Waals surface area contributed by atoms with Crippen LogP contribution in [0.5, 0.6) is 0 Å². The van der Waals surface area contributed by atoms with E-state index in [1.54, 1.807) is 19.6 Å². The molecule has 0 atom stereocenters. The Morgan fingerprint density at radius 3 is 2.61 bits per heavy atom. The van der Waals surface area contributed by atoms with Crippen LogP contribution in [0.4, 0.5) is 0 Å². The lowest BCUT2D eigenvalue weighted by molar-refractivity contribution is 0.0255. The van der Waals surface area contributed by atoms with Crippen molar-refractivity contribution in [1.29, 1.82) is 0 Å². The molecule has 1 aromatic heterocycles. The summed E-state index contributed by atoms with van der Waals surface area (Å²) >= 11 is 0. The number of hydrogen-bond acceptors (Lipinski definition) is 6. The third-order valence-corrected chi connectivity index (χ3v) is 2.18. The lowest BCUT2D eigenvalue weighted by atomic mass is 10.4. The van der Waals surface area contributed by atoms with Gasteiger partial charge in [0.25, 0.3) is 0 Å². The largest absolute Gasteiger partial charge is 0.382 e. The Labute approximate surface area is 108 Å². The minimum atomic E-state index is 0.606. The smallest absolute Gasteiger partial charge is 0.115 e. The van der Waals surface area contributed by atoms with Crippen LogP contribution in [0.25, 0.3) is 0 Å². The van der Waals surface area contributed by atoms with Crippen molar-refractivity contribution in [3.05, 3.63) is 24.3 Å². The van der Waals surface area contributed by atoms with E-state index in [1.807, 2.05) is 6.07 Å². The summed E-state index contributed by atoms with van der Waals surface area (Å²) in [6, 6.07) is 1.89.